The molecule has 5 heteroatoms. The summed E-state index contributed by atoms with van der Waals surface area (Å²) in [4.78, 5) is 17.0. The first-order chi connectivity index (χ1) is 8.24. The number of hydrogen-bond acceptors (Lipinski definition) is 4. The molecule has 4 nitrogen and oxygen atoms in total. The van der Waals surface area contributed by atoms with Gasteiger partial charge >= 0.3 is 0 Å². The van der Waals surface area contributed by atoms with Crippen molar-refractivity contribution >= 4 is 17.2 Å². The highest BCUT2D eigenvalue weighted by atomic mass is 32.1. The van der Waals surface area contributed by atoms with E-state index in [1.807, 2.05) is 13.1 Å². The maximum Gasteiger partial charge on any atom is 0.234 e. The Bertz CT molecular complexity index is 372. The van der Waals surface area contributed by atoms with Crippen LogP contribution in [0.15, 0.2) is 6.20 Å². The van der Waals surface area contributed by atoms with E-state index in [-0.39, 0.29) is 5.91 Å². The number of nitrogens with zero attached hydrogens (tertiary/aromatic N) is 1. The molecule has 1 fully saturated rings. The van der Waals surface area contributed by atoms with E-state index in [2.05, 4.69) is 15.6 Å². The van der Waals surface area contributed by atoms with E-state index in [9.17, 15) is 4.79 Å². The monoisotopic (exact) mass is 253 g/mol. The topological polar surface area (TPSA) is 54.0 Å². The molecule has 17 heavy (non-hydrogen) atoms. The number of rotatable bonds is 5. The molecule has 1 aromatic heterocycles. The number of thiazole rings is 1. The van der Waals surface area contributed by atoms with Gasteiger partial charge in [0, 0.05) is 17.1 Å². The largest absolute Gasteiger partial charge is 0.348 e. The second kappa shape index (κ2) is 6.12. The summed E-state index contributed by atoms with van der Waals surface area (Å²) in [6.07, 6.45) is 6.83. The van der Waals surface area contributed by atoms with E-state index in [1.54, 1.807) is 11.3 Å². The summed E-state index contributed by atoms with van der Waals surface area (Å²) in [5.74, 6) is 0.0600. The molecular weight excluding hydrogens is 234 g/mol. The predicted molar refractivity (Wildman–Crippen MR) is 69.0 cm³/mol. The van der Waals surface area contributed by atoms with Gasteiger partial charge in [0.2, 0.25) is 5.91 Å². The number of hydrogen-bond donors (Lipinski definition) is 2. The first kappa shape index (κ1) is 12.5. The third kappa shape index (κ3) is 4.09. The van der Waals surface area contributed by atoms with Gasteiger partial charge in [-0.15, -0.1) is 11.3 Å². The molecule has 0 atom stereocenters. The highest BCUT2D eigenvalue weighted by Gasteiger charge is 2.15. The van der Waals surface area contributed by atoms with E-state index in [4.69, 9.17) is 0 Å². The number of amides is 1. The van der Waals surface area contributed by atoms with Crippen LogP contribution in [0.25, 0.3) is 0 Å². The Labute approximate surface area is 106 Å². The van der Waals surface area contributed by atoms with Crippen LogP contribution in [0.1, 0.15) is 35.6 Å². The molecule has 1 saturated carbocycles. The van der Waals surface area contributed by atoms with Crippen molar-refractivity contribution < 1.29 is 4.79 Å². The van der Waals surface area contributed by atoms with E-state index >= 15 is 0 Å². The maximum absolute atomic E-state index is 11.6. The normalized spacial score (nSPS) is 16.3. The minimum absolute atomic E-state index is 0.0600. The molecule has 1 aliphatic carbocycles. The zero-order valence-electron chi connectivity index (χ0n) is 10.2. The molecule has 1 amide bonds. The Morgan fingerprint density at radius 3 is 2.94 bits per heavy atom. The minimum atomic E-state index is 0.0600. The number of carbonyl (C=O) groups excluding carboxylic acids is 1. The highest BCUT2D eigenvalue weighted by molar-refractivity contribution is 7.11. The second-order valence-corrected chi connectivity index (χ2v) is 5.82. The molecule has 0 unspecified atom stereocenters. The Morgan fingerprint density at radius 2 is 2.29 bits per heavy atom. The molecule has 0 radical (unpaired) electrons. The van der Waals surface area contributed by atoms with Gasteiger partial charge < -0.3 is 10.6 Å². The summed E-state index contributed by atoms with van der Waals surface area (Å²) < 4.78 is 0. The van der Waals surface area contributed by atoms with Crippen LogP contribution in [0.5, 0.6) is 0 Å². The zero-order chi connectivity index (χ0) is 12.1. The molecule has 2 rings (SSSR count). The number of aromatic nitrogens is 1. The molecule has 1 aliphatic rings. The van der Waals surface area contributed by atoms with Gasteiger partial charge in [0.25, 0.3) is 0 Å². The fourth-order valence-corrected chi connectivity index (χ4v) is 2.81. The van der Waals surface area contributed by atoms with Crippen LogP contribution in [-0.2, 0) is 11.3 Å². The van der Waals surface area contributed by atoms with Crippen LogP contribution >= 0.6 is 11.3 Å². The van der Waals surface area contributed by atoms with Crippen molar-refractivity contribution in [2.24, 2.45) is 0 Å². The standard InChI is InChI=1S/C12H19N3OS/c1-9-6-15-12(17-9)8-14-11(16)7-13-10-4-2-3-5-10/h6,10,13H,2-5,7-8H2,1H3,(H,14,16). The van der Waals surface area contributed by atoms with Gasteiger partial charge in [0.05, 0.1) is 13.1 Å². The maximum atomic E-state index is 11.6. The summed E-state index contributed by atoms with van der Waals surface area (Å²) in [6.45, 7) is 2.99. The Morgan fingerprint density at radius 1 is 1.53 bits per heavy atom. The van der Waals surface area contributed by atoms with Crippen molar-refractivity contribution in [1.29, 1.82) is 0 Å². The van der Waals surface area contributed by atoms with Crippen molar-refractivity contribution in [2.45, 2.75) is 45.2 Å². The van der Waals surface area contributed by atoms with E-state index in [1.165, 1.54) is 30.6 Å². The van der Waals surface area contributed by atoms with Gasteiger partial charge in [0.15, 0.2) is 0 Å². The van der Waals surface area contributed by atoms with Crippen molar-refractivity contribution in [3.8, 4) is 0 Å². The van der Waals surface area contributed by atoms with Crippen LogP contribution in [0.4, 0.5) is 0 Å². The average molecular weight is 253 g/mol. The van der Waals surface area contributed by atoms with Crippen molar-refractivity contribution in [3.63, 3.8) is 0 Å². The fourth-order valence-electron chi connectivity index (χ4n) is 2.09. The molecule has 0 bridgehead atoms. The smallest absolute Gasteiger partial charge is 0.234 e. The molecule has 94 valence electrons. The van der Waals surface area contributed by atoms with E-state index in [0.717, 1.165) is 5.01 Å². The second-order valence-electron chi connectivity index (χ2n) is 4.50. The quantitative estimate of drug-likeness (QED) is 0.838. The summed E-state index contributed by atoms with van der Waals surface area (Å²) in [7, 11) is 0. The lowest BCUT2D eigenvalue weighted by atomic mass is 10.2. The third-order valence-electron chi connectivity index (χ3n) is 3.01. The summed E-state index contributed by atoms with van der Waals surface area (Å²) in [5.41, 5.74) is 0. The van der Waals surface area contributed by atoms with Crippen molar-refractivity contribution in [2.75, 3.05) is 6.54 Å². The molecular formula is C12H19N3OS. The zero-order valence-corrected chi connectivity index (χ0v) is 11.0. The first-order valence-corrected chi connectivity index (χ1v) is 6.97. The third-order valence-corrected chi connectivity index (χ3v) is 3.93. The van der Waals surface area contributed by atoms with Crippen LogP contribution in [0, 0.1) is 6.92 Å². The van der Waals surface area contributed by atoms with Gasteiger partial charge in [-0.05, 0) is 19.8 Å². The average Bonchev–Trinajstić information content (AvgIpc) is 2.95. The molecule has 1 heterocycles. The first-order valence-electron chi connectivity index (χ1n) is 6.15. The Kier molecular flexibility index (Phi) is 4.50. The van der Waals surface area contributed by atoms with E-state index in [0.29, 0.717) is 19.1 Å². The van der Waals surface area contributed by atoms with Crippen molar-refractivity contribution in [1.82, 2.24) is 15.6 Å². The van der Waals surface area contributed by atoms with Gasteiger partial charge in [-0.2, -0.15) is 0 Å². The molecule has 0 spiro atoms. The lowest BCUT2D eigenvalue weighted by Gasteiger charge is -2.11. The molecule has 2 N–H and O–H groups in total. The summed E-state index contributed by atoms with van der Waals surface area (Å²) in [6, 6.07) is 0.544. The number of carbonyl (C=O) groups is 1. The SMILES string of the molecule is Cc1cnc(CNC(=O)CNC2CCCC2)s1. The summed E-state index contributed by atoms with van der Waals surface area (Å²) in [5, 5.41) is 7.15. The summed E-state index contributed by atoms with van der Waals surface area (Å²) >= 11 is 1.63. The predicted octanol–water partition coefficient (Wildman–Crippen LogP) is 1.60. The molecule has 0 aliphatic heterocycles. The van der Waals surface area contributed by atoms with Crippen LogP contribution in [0.3, 0.4) is 0 Å². The van der Waals surface area contributed by atoms with Gasteiger partial charge in [-0.3, -0.25) is 4.79 Å². The van der Waals surface area contributed by atoms with Crippen molar-refractivity contribution in [3.05, 3.63) is 16.1 Å². The van der Waals surface area contributed by atoms with Gasteiger partial charge in [0.1, 0.15) is 5.01 Å². The fraction of sp³-hybridized carbons (Fsp3) is 0.667. The number of aryl methyl sites for hydroxylation is 1. The lowest BCUT2D eigenvalue weighted by Crippen LogP contribution is -2.37. The van der Waals surface area contributed by atoms with E-state index < -0.39 is 0 Å². The van der Waals surface area contributed by atoms with Crippen LogP contribution in [0.2, 0.25) is 0 Å². The highest BCUT2D eigenvalue weighted by Crippen LogP contribution is 2.17. The number of nitrogens with one attached hydrogen (secondary N) is 2. The lowest BCUT2D eigenvalue weighted by molar-refractivity contribution is -0.120. The minimum Gasteiger partial charge on any atom is -0.348 e. The molecule has 0 aromatic carbocycles. The van der Waals surface area contributed by atoms with Gasteiger partial charge in [-0.25, -0.2) is 4.98 Å². The Balaban J connectivity index is 1.63. The van der Waals surface area contributed by atoms with Crippen LogP contribution in [-0.4, -0.2) is 23.5 Å². The Hall–Kier alpha value is -0.940. The molecule has 0 saturated heterocycles. The van der Waals surface area contributed by atoms with Crippen LogP contribution < -0.4 is 10.6 Å². The molecule has 1 aromatic rings. The van der Waals surface area contributed by atoms with Gasteiger partial charge in [-0.1, -0.05) is 12.8 Å².